The maximum absolute atomic E-state index is 12.0. The molecule has 0 aliphatic rings. The average Bonchev–Trinajstić information content (AvgIpc) is 2.66. The third-order valence-electron chi connectivity index (χ3n) is 3.57. The van der Waals surface area contributed by atoms with Crippen LogP contribution in [-0.4, -0.2) is 42.1 Å². The summed E-state index contributed by atoms with van der Waals surface area (Å²) in [5.74, 6) is -1.93. The van der Waals surface area contributed by atoms with Gasteiger partial charge in [-0.05, 0) is 30.7 Å². The van der Waals surface area contributed by atoms with E-state index in [-0.39, 0.29) is 0 Å². The zero-order valence-corrected chi connectivity index (χ0v) is 14.3. The van der Waals surface area contributed by atoms with E-state index < -0.39 is 37.0 Å². The highest BCUT2D eigenvalue weighted by Crippen LogP contribution is 2.12. The summed E-state index contributed by atoms with van der Waals surface area (Å²) >= 11 is 0. The van der Waals surface area contributed by atoms with E-state index in [1.165, 1.54) is 0 Å². The van der Waals surface area contributed by atoms with E-state index in [9.17, 15) is 19.5 Å². The molecule has 0 aromatic heterocycles. The molecule has 0 bridgehead atoms. The molecular formula is C19H20N2O5. The van der Waals surface area contributed by atoms with Gasteiger partial charge in [-0.2, -0.15) is 0 Å². The van der Waals surface area contributed by atoms with Crippen molar-refractivity contribution in [2.75, 3.05) is 18.5 Å². The standard InChI is InChI=1S/C19H20N2O5/c1-13-7-5-6-10-15(13)20-17(23)12-26-19(25)16(11-22)21-18(24)14-8-3-2-4-9-14/h2-10,16,22H,11-12H2,1H3,(H,20,23)(H,21,24)/t16-/m0/s1. The Kier molecular flexibility index (Phi) is 6.87. The molecule has 2 rings (SSSR count). The van der Waals surface area contributed by atoms with E-state index in [1.807, 2.05) is 19.1 Å². The van der Waals surface area contributed by atoms with Gasteiger partial charge in [0.25, 0.3) is 11.8 Å². The number of amides is 2. The van der Waals surface area contributed by atoms with Crippen molar-refractivity contribution < 1.29 is 24.2 Å². The minimum absolute atomic E-state index is 0.344. The predicted octanol–water partition coefficient (Wildman–Crippen LogP) is 1.27. The summed E-state index contributed by atoms with van der Waals surface area (Å²) in [6.45, 7) is 0.671. The first-order valence-electron chi connectivity index (χ1n) is 8.00. The number of carbonyl (C=O) groups excluding carboxylic acids is 3. The second-order valence-corrected chi connectivity index (χ2v) is 5.55. The molecule has 2 aromatic carbocycles. The molecule has 0 aliphatic heterocycles. The quantitative estimate of drug-likeness (QED) is 0.648. The first kappa shape index (κ1) is 19.1. The van der Waals surface area contributed by atoms with Crippen molar-refractivity contribution in [1.29, 1.82) is 0 Å². The Balaban J connectivity index is 1.86. The van der Waals surface area contributed by atoms with Gasteiger partial charge >= 0.3 is 5.97 Å². The van der Waals surface area contributed by atoms with Gasteiger partial charge in [0.2, 0.25) is 0 Å². The van der Waals surface area contributed by atoms with Gasteiger partial charge in [-0.1, -0.05) is 36.4 Å². The van der Waals surface area contributed by atoms with Crippen molar-refractivity contribution in [3.05, 3.63) is 65.7 Å². The minimum atomic E-state index is -1.26. The zero-order valence-electron chi connectivity index (χ0n) is 14.3. The maximum atomic E-state index is 12.0. The van der Waals surface area contributed by atoms with Crippen LogP contribution in [0.4, 0.5) is 5.69 Å². The van der Waals surface area contributed by atoms with E-state index in [0.717, 1.165) is 5.56 Å². The Morgan fingerprint density at radius 3 is 2.35 bits per heavy atom. The summed E-state index contributed by atoms with van der Waals surface area (Å²) < 4.78 is 4.88. The van der Waals surface area contributed by atoms with Gasteiger partial charge in [0.15, 0.2) is 12.6 Å². The molecule has 0 aliphatic carbocycles. The van der Waals surface area contributed by atoms with Gasteiger partial charge in [-0.3, -0.25) is 9.59 Å². The normalized spacial score (nSPS) is 11.3. The van der Waals surface area contributed by atoms with Crippen LogP contribution >= 0.6 is 0 Å². The molecule has 1 atom stereocenters. The maximum Gasteiger partial charge on any atom is 0.331 e. The van der Waals surface area contributed by atoms with E-state index in [2.05, 4.69) is 10.6 Å². The number of rotatable bonds is 7. The molecule has 2 amide bonds. The highest BCUT2D eigenvalue weighted by Gasteiger charge is 2.23. The van der Waals surface area contributed by atoms with Crippen molar-refractivity contribution in [3.8, 4) is 0 Å². The average molecular weight is 356 g/mol. The van der Waals surface area contributed by atoms with Crippen LogP contribution in [0.5, 0.6) is 0 Å². The lowest BCUT2D eigenvalue weighted by molar-refractivity contribution is -0.150. The van der Waals surface area contributed by atoms with Crippen LogP contribution in [0.1, 0.15) is 15.9 Å². The molecule has 2 aromatic rings. The van der Waals surface area contributed by atoms with Crippen LogP contribution in [0.25, 0.3) is 0 Å². The second kappa shape index (κ2) is 9.33. The van der Waals surface area contributed by atoms with Crippen molar-refractivity contribution in [2.24, 2.45) is 0 Å². The Labute approximate surface area is 151 Å². The van der Waals surface area contributed by atoms with Crippen molar-refractivity contribution >= 4 is 23.5 Å². The van der Waals surface area contributed by atoms with E-state index >= 15 is 0 Å². The monoisotopic (exact) mass is 356 g/mol. The number of hydrogen-bond donors (Lipinski definition) is 3. The first-order valence-corrected chi connectivity index (χ1v) is 8.00. The van der Waals surface area contributed by atoms with Crippen LogP contribution in [0, 0.1) is 6.92 Å². The molecule has 136 valence electrons. The molecule has 0 unspecified atom stereocenters. The third kappa shape index (κ3) is 5.42. The van der Waals surface area contributed by atoms with Gasteiger partial charge in [-0.25, -0.2) is 4.79 Å². The molecule has 0 saturated carbocycles. The number of aliphatic hydroxyl groups excluding tert-OH is 1. The molecule has 0 spiro atoms. The van der Waals surface area contributed by atoms with E-state index in [1.54, 1.807) is 42.5 Å². The number of anilines is 1. The number of ether oxygens (including phenoxy) is 1. The summed E-state index contributed by atoms with van der Waals surface area (Å²) in [5, 5.41) is 14.3. The number of esters is 1. The molecule has 7 heteroatoms. The Morgan fingerprint density at radius 2 is 1.69 bits per heavy atom. The number of aryl methyl sites for hydroxylation is 1. The molecule has 0 radical (unpaired) electrons. The Morgan fingerprint density at radius 1 is 1.04 bits per heavy atom. The molecule has 3 N–H and O–H groups in total. The highest BCUT2D eigenvalue weighted by molar-refractivity contribution is 5.97. The lowest BCUT2D eigenvalue weighted by atomic mass is 10.2. The lowest BCUT2D eigenvalue weighted by Gasteiger charge is -2.15. The van der Waals surface area contributed by atoms with Crippen LogP contribution in [0.3, 0.4) is 0 Å². The fraction of sp³-hybridized carbons (Fsp3) is 0.211. The summed E-state index contributed by atoms with van der Waals surface area (Å²) in [7, 11) is 0. The summed E-state index contributed by atoms with van der Waals surface area (Å²) in [6.07, 6.45) is 0. The molecule has 7 nitrogen and oxygen atoms in total. The van der Waals surface area contributed by atoms with E-state index in [4.69, 9.17) is 4.74 Å². The lowest BCUT2D eigenvalue weighted by Crippen LogP contribution is -2.45. The smallest absolute Gasteiger partial charge is 0.331 e. The fourth-order valence-electron chi connectivity index (χ4n) is 2.15. The molecule has 0 fully saturated rings. The fourth-order valence-corrected chi connectivity index (χ4v) is 2.15. The second-order valence-electron chi connectivity index (χ2n) is 5.55. The molecule has 0 saturated heterocycles. The van der Waals surface area contributed by atoms with Gasteiger partial charge in [0.05, 0.1) is 6.61 Å². The number of aliphatic hydroxyl groups is 1. The largest absolute Gasteiger partial charge is 0.454 e. The topological polar surface area (TPSA) is 105 Å². The number of benzene rings is 2. The van der Waals surface area contributed by atoms with Crippen molar-refractivity contribution in [3.63, 3.8) is 0 Å². The van der Waals surface area contributed by atoms with Gasteiger partial charge in [0, 0.05) is 11.3 Å². The van der Waals surface area contributed by atoms with Crippen molar-refractivity contribution in [2.45, 2.75) is 13.0 Å². The van der Waals surface area contributed by atoms with Gasteiger partial charge < -0.3 is 20.5 Å². The van der Waals surface area contributed by atoms with Crippen LogP contribution in [0.2, 0.25) is 0 Å². The van der Waals surface area contributed by atoms with Gasteiger partial charge in [0.1, 0.15) is 0 Å². The summed E-state index contributed by atoms with van der Waals surface area (Å²) in [4.78, 5) is 35.9. The third-order valence-corrected chi connectivity index (χ3v) is 3.57. The van der Waals surface area contributed by atoms with Crippen LogP contribution in [-0.2, 0) is 14.3 Å². The summed E-state index contributed by atoms with van der Waals surface area (Å²) in [6, 6.07) is 14.2. The molecule has 26 heavy (non-hydrogen) atoms. The SMILES string of the molecule is Cc1ccccc1NC(=O)COC(=O)[C@H](CO)NC(=O)c1ccccc1. The molecule has 0 heterocycles. The van der Waals surface area contributed by atoms with Gasteiger partial charge in [-0.15, -0.1) is 0 Å². The summed E-state index contributed by atoms with van der Waals surface area (Å²) in [5.41, 5.74) is 1.83. The zero-order chi connectivity index (χ0) is 18.9. The molecular weight excluding hydrogens is 336 g/mol. The van der Waals surface area contributed by atoms with Crippen molar-refractivity contribution in [1.82, 2.24) is 5.32 Å². The Hall–Kier alpha value is -3.19. The van der Waals surface area contributed by atoms with Crippen LogP contribution < -0.4 is 10.6 Å². The number of hydrogen-bond acceptors (Lipinski definition) is 5. The van der Waals surface area contributed by atoms with E-state index in [0.29, 0.717) is 11.3 Å². The number of para-hydroxylation sites is 1. The Bertz CT molecular complexity index is 777. The number of carbonyl (C=O) groups is 3. The minimum Gasteiger partial charge on any atom is -0.454 e. The highest BCUT2D eigenvalue weighted by atomic mass is 16.5. The van der Waals surface area contributed by atoms with Crippen LogP contribution in [0.15, 0.2) is 54.6 Å². The predicted molar refractivity (Wildman–Crippen MR) is 95.5 cm³/mol. The first-order chi connectivity index (χ1) is 12.5. The number of nitrogens with one attached hydrogen (secondary N) is 2.